The second-order valence-corrected chi connectivity index (χ2v) is 5.86. The molecule has 43 valence electrons. The maximum atomic E-state index is 5.44. The highest BCUT2D eigenvalue weighted by molar-refractivity contribution is 6.78. The number of hydrogen-bond acceptors (Lipinski definition) is 0. The Balaban J connectivity index is 2.99. The SMILES string of the molecule is ClC[Si](CCl)CCl. The molecular formula is C3H6Cl3Si. The standard InChI is InChI=1S/C3H6Cl3Si/c4-1-7(2-5)3-6/h1-3H2. The summed E-state index contributed by atoms with van der Waals surface area (Å²) in [4.78, 5) is 0. The third kappa shape index (κ3) is 3.65. The molecule has 0 amide bonds. The monoisotopic (exact) mass is 175 g/mol. The highest BCUT2D eigenvalue weighted by Crippen LogP contribution is 1.92. The lowest BCUT2D eigenvalue weighted by atomic mass is 11.8. The molecule has 0 rings (SSSR count). The Labute approximate surface area is 60.4 Å². The van der Waals surface area contributed by atoms with E-state index in [1.54, 1.807) is 0 Å². The lowest BCUT2D eigenvalue weighted by molar-refractivity contribution is 1.76. The first-order chi connectivity index (χ1) is 3.35. The Morgan fingerprint density at radius 1 is 0.857 bits per heavy atom. The Kier molecular flexibility index (Phi) is 6.04. The molecule has 0 heterocycles. The van der Waals surface area contributed by atoms with E-state index in [4.69, 9.17) is 34.8 Å². The van der Waals surface area contributed by atoms with Crippen LogP contribution in [0.25, 0.3) is 0 Å². The molecule has 0 nitrogen and oxygen atoms in total. The normalized spacial score (nSPS) is 10.3. The van der Waals surface area contributed by atoms with Crippen molar-refractivity contribution in [3.63, 3.8) is 0 Å². The molecule has 0 bridgehead atoms. The Morgan fingerprint density at radius 2 is 1.14 bits per heavy atom. The largest absolute Gasteiger partial charge is 0.130 e. The second kappa shape index (κ2) is 5.23. The minimum absolute atomic E-state index is 0.566. The van der Waals surface area contributed by atoms with Crippen molar-refractivity contribution in [3.8, 4) is 0 Å². The van der Waals surface area contributed by atoms with Crippen molar-refractivity contribution in [2.24, 2.45) is 0 Å². The highest BCUT2D eigenvalue weighted by atomic mass is 35.5. The van der Waals surface area contributed by atoms with Gasteiger partial charge in [-0.1, -0.05) is 0 Å². The van der Waals surface area contributed by atoms with Crippen LogP contribution in [-0.4, -0.2) is 25.3 Å². The van der Waals surface area contributed by atoms with E-state index in [-0.39, 0.29) is 0 Å². The van der Waals surface area contributed by atoms with Gasteiger partial charge in [-0.05, 0) is 0 Å². The van der Waals surface area contributed by atoms with Crippen molar-refractivity contribution in [2.45, 2.75) is 0 Å². The van der Waals surface area contributed by atoms with Crippen LogP contribution in [0.2, 0.25) is 0 Å². The molecule has 0 N–H and O–H groups in total. The van der Waals surface area contributed by atoms with Crippen molar-refractivity contribution in [3.05, 3.63) is 0 Å². The highest BCUT2D eigenvalue weighted by Gasteiger charge is 2.04. The van der Waals surface area contributed by atoms with Crippen molar-refractivity contribution < 1.29 is 0 Å². The fourth-order valence-electron chi connectivity index (χ4n) is 0.107. The van der Waals surface area contributed by atoms with Gasteiger partial charge in [-0.25, -0.2) is 0 Å². The molecule has 0 aromatic carbocycles. The molecule has 0 saturated carbocycles. The molecule has 0 atom stereocenters. The molecule has 0 saturated heterocycles. The number of halogens is 3. The van der Waals surface area contributed by atoms with E-state index in [0.29, 0.717) is 16.5 Å². The molecule has 0 aliphatic rings. The number of hydrogen-bond donors (Lipinski definition) is 0. The van der Waals surface area contributed by atoms with Crippen molar-refractivity contribution >= 4 is 43.6 Å². The first-order valence-electron chi connectivity index (χ1n) is 1.86. The van der Waals surface area contributed by atoms with Crippen molar-refractivity contribution in [1.82, 2.24) is 0 Å². The maximum absolute atomic E-state index is 5.44. The molecule has 0 unspecified atom stereocenters. The van der Waals surface area contributed by atoms with E-state index in [1.807, 2.05) is 0 Å². The van der Waals surface area contributed by atoms with Gasteiger partial charge in [0, 0.05) is 16.5 Å². The number of rotatable bonds is 3. The zero-order valence-electron chi connectivity index (χ0n) is 3.76. The fourth-order valence-corrected chi connectivity index (χ4v) is 2.89. The fraction of sp³-hybridized carbons (Fsp3) is 1.00. The Hall–Kier alpha value is 1.09. The molecule has 0 aromatic rings. The summed E-state index contributed by atoms with van der Waals surface area (Å²) in [5.41, 5.74) is 1.99. The molecule has 0 aliphatic carbocycles. The van der Waals surface area contributed by atoms with E-state index < -0.39 is 8.80 Å². The third-order valence-electron chi connectivity index (χ3n) is 0.567. The molecule has 7 heavy (non-hydrogen) atoms. The van der Waals surface area contributed by atoms with E-state index in [0.717, 1.165) is 0 Å². The first-order valence-corrected chi connectivity index (χ1v) is 5.59. The van der Waals surface area contributed by atoms with Gasteiger partial charge in [0.25, 0.3) is 0 Å². The van der Waals surface area contributed by atoms with Gasteiger partial charge in [-0.15, -0.1) is 34.8 Å². The summed E-state index contributed by atoms with van der Waals surface area (Å²) in [6, 6.07) is 0. The predicted octanol–water partition coefficient (Wildman–Crippen LogP) is 1.82. The summed E-state index contributed by atoms with van der Waals surface area (Å²) in [5, 5.41) is 0. The van der Waals surface area contributed by atoms with Crippen LogP contribution >= 0.6 is 34.8 Å². The van der Waals surface area contributed by atoms with E-state index >= 15 is 0 Å². The molecule has 0 spiro atoms. The van der Waals surface area contributed by atoms with Gasteiger partial charge >= 0.3 is 0 Å². The topological polar surface area (TPSA) is 0 Å². The summed E-state index contributed by atoms with van der Waals surface area (Å²) < 4.78 is 0. The molecular weight excluding hydrogens is 170 g/mol. The lowest BCUT2D eigenvalue weighted by Gasteiger charge is -1.97. The molecule has 0 fully saturated rings. The molecule has 0 aromatic heterocycles. The summed E-state index contributed by atoms with van der Waals surface area (Å²) >= 11 is 16.3. The van der Waals surface area contributed by atoms with Crippen LogP contribution < -0.4 is 0 Å². The smallest absolute Gasteiger partial charge is 0.100 e. The van der Waals surface area contributed by atoms with Crippen molar-refractivity contribution in [1.29, 1.82) is 0 Å². The maximum Gasteiger partial charge on any atom is 0.100 e. The van der Waals surface area contributed by atoms with Crippen LogP contribution in [0.5, 0.6) is 0 Å². The van der Waals surface area contributed by atoms with Gasteiger partial charge in [0.15, 0.2) is 0 Å². The summed E-state index contributed by atoms with van der Waals surface area (Å²) in [6.45, 7) is 0. The van der Waals surface area contributed by atoms with Gasteiger partial charge in [-0.2, -0.15) is 0 Å². The zero-order valence-corrected chi connectivity index (χ0v) is 7.02. The minimum Gasteiger partial charge on any atom is -0.130 e. The van der Waals surface area contributed by atoms with Crippen LogP contribution in [-0.2, 0) is 0 Å². The van der Waals surface area contributed by atoms with Crippen LogP contribution in [0.4, 0.5) is 0 Å². The second-order valence-electron chi connectivity index (χ2n) is 1.15. The average Bonchev–Trinajstić information content (AvgIpc) is 1.72. The van der Waals surface area contributed by atoms with Gasteiger partial charge in [-0.3, -0.25) is 0 Å². The third-order valence-corrected chi connectivity index (χ3v) is 5.10. The number of alkyl halides is 3. The van der Waals surface area contributed by atoms with Crippen LogP contribution in [0, 0.1) is 0 Å². The van der Waals surface area contributed by atoms with Gasteiger partial charge < -0.3 is 0 Å². The van der Waals surface area contributed by atoms with E-state index in [2.05, 4.69) is 0 Å². The summed E-state index contributed by atoms with van der Waals surface area (Å²) in [6.07, 6.45) is 0. The average molecular weight is 177 g/mol. The quantitative estimate of drug-likeness (QED) is 0.455. The summed E-state index contributed by atoms with van der Waals surface area (Å²) in [7, 11) is -0.566. The zero-order chi connectivity index (χ0) is 5.70. The lowest BCUT2D eigenvalue weighted by Crippen LogP contribution is -2.20. The summed E-state index contributed by atoms with van der Waals surface area (Å²) in [5.74, 6) is 0. The van der Waals surface area contributed by atoms with Gasteiger partial charge in [0.1, 0.15) is 8.80 Å². The Morgan fingerprint density at radius 3 is 1.14 bits per heavy atom. The van der Waals surface area contributed by atoms with Crippen LogP contribution in [0.3, 0.4) is 0 Å². The van der Waals surface area contributed by atoms with Crippen LogP contribution in [0.15, 0.2) is 0 Å². The predicted molar refractivity (Wildman–Crippen MR) is 37.9 cm³/mol. The van der Waals surface area contributed by atoms with Gasteiger partial charge in [0.05, 0.1) is 0 Å². The molecule has 4 heteroatoms. The molecule has 0 aliphatic heterocycles. The van der Waals surface area contributed by atoms with Crippen LogP contribution in [0.1, 0.15) is 0 Å². The van der Waals surface area contributed by atoms with E-state index in [9.17, 15) is 0 Å². The first kappa shape index (κ1) is 8.09. The van der Waals surface area contributed by atoms with E-state index in [1.165, 1.54) is 0 Å². The minimum atomic E-state index is -0.566. The molecule has 1 radical (unpaired) electrons. The van der Waals surface area contributed by atoms with Crippen molar-refractivity contribution in [2.75, 3.05) is 16.5 Å². The van der Waals surface area contributed by atoms with Gasteiger partial charge in [0.2, 0.25) is 0 Å². The Bertz CT molecular complexity index is 31.7.